The molecule has 0 radical (unpaired) electrons. The van der Waals surface area contributed by atoms with E-state index < -0.39 is 0 Å². The van der Waals surface area contributed by atoms with Crippen LogP contribution >= 0.6 is 0 Å². The zero-order chi connectivity index (χ0) is 13.9. The minimum atomic E-state index is 0.511. The fraction of sp³-hybridized carbons (Fsp3) is 0.667. The number of hydrogen-bond acceptors (Lipinski definition) is 2. The summed E-state index contributed by atoms with van der Waals surface area (Å²) in [6.07, 6.45) is 4.21. The van der Waals surface area contributed by atoms with Crippen LogP contribution in [0.15, 0.2) is 30.3 Å². The van der Waals surface area contributed by atoms with E-state index in [4.69, 9.17) is 0 Å². The van der Waals surface area contributed by atoms with Gasteiger partial charge in [-0.05, 0) is 36.7 Å². The topological polar surface area (TPSA) is 15.3 Å². The van der Waals surface area contributed by atoms with Crippen LogP contribution in [0.4, 0.5) is 0 Å². The lowest BCUT2D eigenvalue weighted by Crippen LogP contribution is -2.52. The molecule has 1 saturated carbocycles. The molecule has 1 N–H and O–H groups in total. The summed E-state index contributed by atoms with van der Waals surface area (Å²) in [6.45, 7) is 8.38. The predicted octanol–water partition coefficient (Wildman–Crippen LogP) is 3.46. The minimum Gasteiger partial charge on any atom is -0.308 e. The maximum atomic E-state index is 3.69. The van der Waals surface area contributed by atoms with Gasteiger partial charge in [0.25, 0.3) is 0 Å². The number of piperazine rings is 1. The summed E-state index contributed by atoms with van der Waals surface area (Å²) in [5, 5.41) is 3.69. The van der Waals surface area contributed by atoms with Gasteiger partial charge in [-0.3, -0.25) is 4.90 Å². The third-order valence-electron chi connectivity index (χ3n) is 5.26. The van der Waals surface area contributed by atoms with Crippen LogP contribution in [0, 0.1) is 11.8 Å². The third kappa shape index (κ3) is 3.07. The Morgan fingerprint density at radius 2 is 1.90 bits per heavy atom. The van der Waals surface area contributed by atoms with E-state index >= 15 is 0 Å². The number of nitrogens with one attached hydrogen (secondary N) is 1. The maximum Gasteiger partial charge on any atom is 0.0449 e. The van der Waals surface area contributed by atoms with E-state index in [-0.39, 0.29) is 0 Å². The van der Waals surface area contributed by atoms with Crippen molar-refractivity contribution in [3.05, 3.63) is 35.9 Å². The summed E-state index contributed by atoms with van der Waals surface area (Å²) < 4.78 is 0. The van der Waals surface area contributed by atoms with Crippen LogP contribution in [0.25, 0.3) is 0 Å². The van der Waals surface area contributed by atoms with Gasteiger partial charge in [0, 0.05) is 31.7 Å². The standard InChI is InChI=1S/C18H28N2/c1-14-8-9-18(15(2)12-14)20-11-10-19-17(13-20)16-6-4-3-5-7-16/h3-7,14-15,17-19H,8-13H2,1-2H3. The molecule has 4 unspecified atom stereocenters. The third-order valence-corrected chi connectivity index (χ3v) is 5.26. The number of rotatable bonds is 2. The molecule has 4 atom stereocenters. The fourth-order valence-electron chi connectivity index (χ4n) is 4.17. The molecule has 0 aromatic heterocycles. The molecule has 1 aliphatic carbocycles. The van der Waals surface area contributed by atoms with Gasteiger partial charge in [0.15, 0.2) is 0 Å². The van der Waals surface area contributed by atoms with Crippen molar-refractivity contribution in [2.75, 3.05) is 19.6 Å². The zero-order valence-corrected chi connectivity index (χ0v) is 12.9. The van der Waals surface area contributed by atoms with Gasteiger partial charge in [-0.25, -0.2) is 0 Å². The van der Waals surface area contributed by atoms with Crippen LogP contribution in [-0.2, 0) is 0 Å². The summed E-state index contributed by atoms with van der Waals surface area (Å²) >= 11 is 0. The van der Waals surface area contributed by atoms with Crippen LogP contribution < -0.4 is 5.32 Å². The van der Waals surface area contributed by atoms with Crippen molar-refractivity contribution in [1.29, 1.82) is 0 Å². The van der Waals surface area contributed by atoms with E-state index in [1.807, 2.05) is 0 Å². The van der Waals surface area contributed by atoms with Gasteiger partial charge in [-0.15, -0.1) is 0 Å². The van der Waals surface area contributed by atoms with Gasteiger partial charge in [0.1, 0.15) is 0 Å². The highest BCUT2D eigenvalue weighted by molar-refractivity contribution is 5.20. The Bertz CT molecular complexity index is 417. The van der Waals surface area contributed by atoms with E-state index in [2.05, 4.69) is 54.4 Å². The van der Waals surface area contributed by atoms with E-state index in [1.165, 1.54) is 37.9 Å². The summed E-state index contributed by atoms with van der Waals surface area (Å²) in [7, 11) is 0. The van der Waals surface area contributed by atoms with E-state index in [1.54, 1.807) is 0 Å². The molecule has 1 aromatic rings. The van der Waals surface area contributed by atoms with Crippen molar-refractivity contribution in [3.8, 4) is 0 Å². The quantitative estimate of drug-likeness (QED) is 0.887. The number of hydrogen-bond donors (Lipinski definition) is 1. The first-order valence-electron chi connectivity index (χ1n) is 8.26. The van der Waals surface area contributed by atoms with Gasteiger partial charge in [-0.2, -0.15) is 0 Å². The average molecular weight is 272 g/mol. The molecule has 1 aliphatic heterocycles. The molecule has 1 saturated heterocycles. The second kappa shape index (κ2) is 6.28. The van der Waals surface area contributed by atoms with E-state index in [0.717, 1.165) is 24.4 Å². The smallest absolute Gasteiger partial charge is 0.0449 e. The first-order valence-corrected chi connectivity index (χ1v) is 8.26. The Morgan fingerprint density at radius 1 is 1.10 bits per heavy atom. The molecule has 0 spiro atoms. The highest BCUT2D eigenvalue weighted by Gasteiger charge is 2.32. The van der Waals surface area contributed by atoms with Gasteiger partial charge >= 0.3 is 0 Å². The molecule has 0 bridgehead atoms. The van der Waals surface area contributed by atoms with Gasteiger partial charge in [0.05, 0.1) is 0 Å². The fourth-order valence-corrected chi connectivity index (χ4v) is 4.17. The highest BCUT2D eigenvalue weighted by atomic mass is 15.2. The molecule has 2 heteroatoms. The summed E-state index contributed by atoms with van der Waals surface area (Å²) in [4.78, 5) is 2.75. The van der Waals surface area contributed by atoms with Crippen LogP contribution in [0.2, 0.25) is 0 Å². The molecule has 2 aliphatic rings. The average Bonchev–Trinajstić information content (AvgIpc) is 2.48. The lowest BCUT2D eigenvalue weighted by molar-refractivity contribution is 0.0672. The highest BCUT2D eigenvalue weighted by Crippen LogP contribution is 2.33. The normalized spacial score (nSPS) is 35.9. The Labute approximate surface area is 123 Å². The molecule has 20 heavy (non-hydrogen) atoms. The Morgan fingerprint density at radius 3 is 2.65 bits per heavy atom. The second-order valence-corrected chi connectivity index (χ2v) is 6.88. The SMILES string of the molecule is CC1CCC(N2CCNC(c3ccccc3)C2)C(C)C1. The van der Waals surface area contributed by atoms with E-state index in [0.29, 0.717) is 6.04 Å². The molecule has 2 fully saturated rings. The molecule has 0 amide bonds. The maximum absolute atomic E-state index is 3.69. The van der Waals surface area contributed by atoms with Gasteiger partial charge in [0.2, 0.25) is 0 Å². The van der Waals surface area contributed by atoms with Crippen molar-refractivity contribution >= 4 is 0 Å². The Hall–Kier alpha value is -0.860. The van der Waals surface area contributed by atoms with Gasteiger partial charge < -0.3 is 5.32 Å². The molecule has 110 valence electrons. The van der Waals surface area contributed by atoms with Gasteiger partial charge in [-0.1, -0.05) is 44.2 Å². The van der Waals surface area contributed by atoms with Crippen molar-refractivity contribution < 1.29 is 0 Å². The van der Waals surface area contributed by atoms with Crippen LogP contribution in [-0.4, -0.2) is 30.6 Å². The number of nitrogens with zero attached hydrogens (tertiary/aromatic N) is 1. The van der Waals surface area contributed by atoms with Crippen molar-refractivity contribution in [1.82, 2.24) is 10.2 Å². The number of benzene rings is 1. The van der Waals surface area contributed by atoms with Crippen molar-refractivity contribution in [3.63, 3.8) is 0 Å². The van der Waals surface area contributed by atoms with Crippen LogP contribution in [0.1, 0.15) is 44.7 Å². The predicted molar refractivity (Wildman–Crippen MR) is 84.7 cm³/mol. The Kier molecular flexibility index (Phi) is 4.42. The van der Waals surface area contributed by atoms with Crippen molar-refractivity contribution in [2.45, 2.75) is 45.2 Å². The molecular formula is C18H28N2. The van der Waals surface area contributed by atoms with Crippen LogP contribution in [0.5, 0.6) is 0 Å². The summed E-state index contributed by atoms with van der Waals surface area (Å²) in [5.41, 5.74) is 1.44. The first kappa shape index (κ1) is 14.1. The minimum absolute atomic E-state index is 0.511. The lowest BCUT2D eigenvalue weighted by atomic mass is 9.78. The van der Waals surface area contributed by atoms with Crippen LogP contribution in [0.3, 0.4) is 0 Å². The molecule has 2 nitrogen and oxygen atoms in total. The Balaban J connectivity index is 1.66. The molecule has 3 rings (SSSR count). The monoisotopic (exact) mass is 272 g/mol. The molecule has 1 aromatic carbocycles. The lowest BCUT2D eigenvalue weighted by Gasteiger charge is -2.44. The summed E-state index contributed by atoms with van der Waals surface area (Å²) in [5.74, 6) is 1.78. The first-order chi connectivity index (χ1) is 9.74. The summed E-state index contributed by atoms with van der Waals surface area (Å²) in [6, 6.07) is 12.2. The second-order valence-electron chi connectivity index (χ2n) is 6.88. The zero-order valence-electron chi connectivity index (χ0n) is 12.9. The largest absolute Gasteiger partial charge is 0.308 e. The van der Waals surface area contributed by atoms with Crippen molar-refractivity contribution in [2.24, 2.45) is 11.8 Å². The molecule has 1 heterocycles. The van der Waals surface area contributed by atoms with E-state index in [9.17, 15) is 0 Å². The molecular weight excluding hydrogens is 244 g/mol.